The highest BCUT2D eigenvalue weighted by atomic mass is 35.5. The average Bonchev–Trinajstić information content (AvgIpc) is 2.42. The number of likely N-dealkylation sites (tertiary alicyclic amines) is 1. The van der Waals surface area contributed by atoms with Crippen LogP contribution in [0.3, 0.4) is 0 Å². The minimum absolute atomic E-state index is 0.205. The van der Waals surface area contributed by atoms with Gasteiger partial charge in [0.2, 0.25) is 0 Å². The van der Waals surface area contributed by atoms with Crippen LogP contribution in [0.5, 0.6) is 0 Å². The Balaban J connectivity index is 2.02. The summed E-state index contributed by atoms with van der Waals surface area (Å²) in [6.45, 7) is 4.02. The largest absolute Gasteiger partial charge is 0.395 e. The maximum atomic E-state index is 9.28. The first-order valence-electron chi connectivity index (χ1n) is 6.97. The summed E-state index contributed by atoms with van der Waals surface area (Å²) in [5.74, 6) is 0. The second-order valence-electron chi connectivity index (χ2n) is 5.32. The molecule has 1 fully saturated rings. The highest BCUT2D eigenvalue weighted by Crippen LogP contribution is 2.21. The summed E-state index contributed by atoms with van der Waals surface area (Å²) >= 11 is 6.23. The lowest BCUT2D eigenvalue weighted by Gasteiger charge is -2.37. The van der Waals surface area contributed by atoms with Gasteiger partial charge in [-0.1, -0.05) is 29.8 Å². The minimum Gasteiger partial charge on any atom is -0.395 e. The van der Waals surface area contributed by atoms with Gasteiger partial charge in [-0.15, -0.1) is 0 Å². The summed E-state index contributed by atoms with van der Waals surface area (Å²) in [5, 5.41) is 10.1. The van der Waals surface area contributed by atoms with Gasteiger partial charge in [0.1, 0.15) is 0 Å². The fourth-order valence-electron chi connectivity index (χ4n) is 2.72. The number of halogens is 1. The second-order valence-corrected chi connectivity index (χ2v) is 5.73. The SMILES string of the molecule is CN1CCC(N(CCO)Cc2ccccc2Cl)CC1. The van der Waals surface area contributed by atoms with Gasteiger partial charge >= 0.3 is 0 Å². The van der Waals surface area contributed by atoms with Crippen molar-refractivity contribution in [3.63, 3.8) is 0 Å². The molecule has 0 aromatic heterocycles. The molecule has 1 saturated heterocycles. The third kappa shape index (κ3) is 4.18. The van der Waals surface area contributed by atoms with Crippen molar-refractivity contribution in [1.82, 2.24) is 9.80 Å². The lowest BCUT2D eigenvalue weighted by molar-refractivity contribution is 0.0941. The van der Waals surface area contributed by atoms with Gasteiger partial charge < -0.3 is 10.0 Å². The van der Waals surface area contributed by atoms with Crippen molar-refractivity contribution in [2.24, 2.45) is 0 Å². The van der Waals surface area contributed by atoms with E-state index in [4.69, 9.17) is 11.6 Å². The summed E-state index contributed by atoms with van der Waals surface area (Å²) in [5.41, 5.74) is 1.15. The molecule has 1 aromatic carbocycles. The quantitative estimate of drug-likeness (QED) is 0.897. The molecule has 2 rings (SSSR count). The molecule has 19 heavy (non-hydrogen) atoms. The Morgan fingerprint density at radius 1 is 1.32 bits per heavy atom. The van der Waals surface area contributed by atoms with Crippen LogP contribution in [-0.4, -0.2) is 54.2 Å². The summed E-state index contributed by atoms with van der Waals surface area (Å²) in [6.07, 6.45) is 2.34. The Kier molecular flexibility index (Phi) is 5.64. The fraction of sp³-hybridized carbons (Fsp3) is 0.600. The maximum Gasteiger partial charge on any atom is 0.0558 e. The van der Waals surface area contributed by atoms with Gasteiger partial charge in [0, 0.05) is 24.2 Å². The predicted octanol–water partition coefficient (Wildman–Crippen LogP) is 2.23. The molecule has 106 valence electrons. The highest BCUT2D eigenvalue weighted by molar-refractivity contribution is 6.31. The molecule has 1 aliphatic heterocycles. The molecular formula is C15H23ClN2O. The van der Waals surface area contributed by atoms with E-state index in [1.54, 1.807) is 0 Å². The monoisotopic (exact) mass is 282 g/mol. The van der Waals surface area contributed by atoms with Crippen molar-refractivity contribution in [1.29, 1.82) is 0 Å². The molecule has 0 spiro atoms. The number of rotatable bonds is 5. The van der Waals surface area contributed by atoms with Crippen LogP contribution in [0.25, 0.3) is 0 Å². The topological polar surface area (TPSA) is 26.7 Å². The molecule has 1 aromatic rings. The van der Waals surface area contributed by atoms with E-state index in [1.165, 1.54) is 12.8 Å². The van der Waals surface area contributed by atoms with Gasteiger partial charge in [-0.05, 0) is 44.6 Å². The van der Waals surface area contributed by atoms with Gasteiger partial charge in [-0.3, -0.25) is 4.90 Å². The van der Waals surface area contributed by atoms with Gasteiger partial charge in [0.15, 0.2) is 0 Å². The molecule has 0 atom stereocenters. The van der Waals surface area contributed by atoms with E-state index in [1.807, 2.05) is 18.2 Å². The first-order chi connectivity index (χ1) is 9.20. The zero-order chi connectivity index (χ0) is 13.7. The summed E-state index contributed by atoms with van der Waals surface area (Å²) in [4.78, 5) is 4.73. The van der Waals surface area contributed by atoms with Gasteiger partial charge in [-0.25, -0.2) is 0 Å². The van der Waals surface area contributed by atoms with Crippen LogP contribution in [-0.2, 0) is 6.54 Å². The van der Waals surface area contributed by atoms with Crippen molar-refractivity contribution in [2.45, 2.75) is 25.4 Å². The van der Waals surface area contributed by atoms with E-state index < -0.39 is 0 Å². The zero-order valence-corrected chi connectivity index (χ0v) is 12.3. The number of benzene rings is 1. The fourth-order valence-corrected chi connectivity index (χ4v) is 2.92. The van der Waals surface area contributed by atoms with Crippen LogP contribution in [0.2, 0.25) is 5.02 Å². The third-order valence-electron chi connectivity index (χ3n) is 3.92. The first kappa shape index (κ1) is 14.8. The molecule has 4 heteroatoms. The predicted molar refractivity (Wildman–Crippen MR) is 79.5 cm³/mol. The first-order valence-corrected chi connectivity index (χ1v) is 7.35. The summed E-state index contributed by atoms with van der Waals surface area (Å²) in [6, 6.07) is 8.54. The van der Waals surface area contributed by atoms with Crippen molar-refractivity contribution in [3.8, 4) is 0 Å². The van der Waals surface area contributed by atoms with Crippen LogP contribution >= 0.6 is 11.6 Å². The van der Waals surface area contributed by atoms with Crippen LogP contribution in [0.1, 0.15) is 18.4 Å². The van der Waals surface area contributed by atoms with Crippen LogP contribution in [0, 0.1) is 0 Å². The Morgan fingerprint density at radius 2 is 2.00 bits per heavy atom. The highest BCUT2D eigenvalue weighted by Gasteiger charge is 2.23. The van der Waals surface area contributed by atoms with Gasteiger partial charge in [-0.2, -0.15) is 0 Å². The molecule has 1 N–H and O–H groups in total. The number of hydrogen-bond donors (Lipinski definition) is 1. The van der Waals surface area contributed by atoms with Crippen molar-refractivity contribution < 1.29 is 5.11 Å². The molecule has 1 aliphatic rings. The Hall–Kier alpha value is -0.610. The van der Waals surface area contributed by atoms with Crippen LogP contribution in [0.15, 0.2) is 24.3 Å². The van der Waals surface area contributed by atoms with Crippen molar-refractivity contribution in [3.05, 3.63) is 34.9 Å². The maximum absolute atomic E-state index is 9.28. The summed E-state index contributed by atoms with van der Waals surface area (Å²) in [7, 11) is 2.17. The smallest absolute Gasteiger partial charge is 0.0558 e. The van der Waals surface area contributed by atoms with E-state index in [0.717, 1.165) is 36.8 Å². The minimum atomic E-state index is 0.205. The standard InChI is InChI=1S/C15H23ClN2O/c1-17-8-6-14(7-9-17)18(10-11-19)12-13-4-2-3-5-15(13)16/h2-5,14,19H,6-12H2,1H3. The van der Waals surface area contributed by atoms with E-state index in [2.05, 4.69) is 22.9 Å². The Morgan fingerprint density at radius 3 is 2.63 bits per heavy atom. The second kappa shape index (κ2) is 7.25. The summed E-state index contributed by atoms with van der Waals surface area (Å²) < 4.78 is 0. The van der Waals surface area contributed by atoms with Gasteiger partial charge in [0.05, 0.1) is 6.61 Å². The molecule has 3 nitrogen and oxygen atoms in total. The molecule has 0 bridgehead atoms. The van der Waals surface area contributed by atoms with E-state index in [-0.39, 0.29) is 6.61 Å². The average molecular weight is 283 g/mol. The Labute approximate surface area is 120 Å². The number of aliphatic hydroxyl groups is 1. The molecule has 0 unspecified atom stereocenters. The molecule has 0 saturated carbocycles. The lowest BCUT2D eigenvalue weighted by atomic mass is 10.0. The number of hydrogen-bond acceptors (Lipinski definition) is 3. The normalized spacial score (nSPS) is 18.1. The van der Waals surface area contributed by atoms with Crippen LogP contribution in [0.4, 0.5) is 0 Å². The molecule has 0 aliphatic carbocycles. The van der Waals surface area contributed by atoms with Crippen molar-refractivity contribution in [2.75, 3.05) is 33.3 Å². The van der Waals surface area contributed by atoms with Gasteiger partial charge in [0.25, 0.3) is 0 Å². The third-order valence-corrected chi connectivity index (χ3v) is 4.29. The Bertz CT molecular complexity index is 391. The molecule has 1 heterocycles. The van der Waals surface area contributed by atoms with Crippen molar-refractivity contribution >= 4 is 11.6 Å². The van der Waals surface area contributed by atoms with E-state index >= 15 is 0 Å². The molecular weight excluding hydrogens is 260 g/mol. The number of piperidine rings is 1. The van der Waals surface area contributed by atoms with Crippen LogP contribution < -0.4 is 0 Å². The lowest BCUT2D eigenvalue weighted by Crippen LogP contribution is -2.44. The van der Waals surface area contributed by atoms with E-state index in [0.29, 0.717) is 6.04 Å². The molecule has 0 amide bonds. The zero-order valence-electron chi connectivity index (χ0n) is 11.6. The number of nitrogens with zero attached hydrogens (tertiary/aromatic N) is 2. The van der Waals surface area contributed by atoms with E-state index in [9.17, 15) is 5.11 Å². The molecule has 0 radical (unpaired) electrons. The number of aliphatic hydroxyl groups excluding tert-OH is 1.